The Morgan fingerprint density at radius 2 is 1.53 bits per heavy atom. The zero-order valence-electron chi connectivity index (χ0n) is 10.2. The second-order valence-corrected chi connectivity index (χ2v) is 7.54. The van der Waals surface area contributed by atoms with Gasteiger partial charge in [0.25, 0.3) is 0 Å². The highest BCUT2D eigenvalue weighted by molar-refractivity contribution is 8.05. The zero-order valence-corrected chi connectivity index (χ0v) is 14.1. The first kappa shape index (κ1) is 14.0. The first-order chi connectivity index (χ1) is 9.00. The van der Waals surface area contributed by atoms with Gasteiger partial charge in [-0.3, -0.25) is 0 Å². The van der Waals surface area contributed by atoms with Crippen molar-refractivity contribution in [1.82, 2.24) is 0 Å². The van der Waals surface area contributed by atoms with E-state index >= 15 is 0 Å². The monoisotopic (exact) mass is 346 g/mol. The Labute approximate surface area is 135 Å². The number of hydrogen-bond donors (Lipinski definition) is 0. The molecule has 0 fully saturated rings. The highest BCUT2D eigenvalue weighted by Crippen LogP contribution is 2.56. The van der Waals surface area contributed by atoms with Crippen molar-refractivity contribution in [3.8, 4) is 0 Å². The summed E-state index contributed by atoms with van der Waals surface area (Å²) in [6.07, 6.45) is 0. The molecule has 0 amide bonds. The SMILES string of the molecule is Cc1cccc2c1Sc1c(C)c(Cl)c(Cl)c(Cl)c1S2. The second-order valence-electron chi connectivity index (χ2n) is 4.33. The second kappa shape index (κ2) is 5.09. The van der Waals surface area contributed by atoms with E-state index in [1.807, 2.05) is 6.92 Å². The Balaban J connectivity index is 2.26. The summed E-state index contributed by atoms with van der Waals surface area (Å²) < 4.78 is 0. The molecule has 0 radical (unpaired) electrons. The molecule has 0 aromatic heterocycles. The molecule has 19 heavy (non-hydrogen) atoms. The van der Waals surface area contributed by atoms with E-state index in [2.05, 4.69) is 25.1 Å². The third-order valence-electron chi connectivity index (χ3n) is 3.05. The molecule has 98 valence electrons. The highest BCUT2D eigenvalue weighted by Gasteiger charge is 2.26. The Hall–Kier alpha value is 0.01000. The summed E-state index contributed by atoms with van der Waals surface area (Å²) in [4.78, 5) is 4.62. The first-order valence-corrected chi connectivity index (χ1v) is 8.39. The van der Waals surface area contributed by atoms with Gasteiger partial charge in [-0.25, -0.2) is 0 Å². The smallest absolute Gasteiger partial charge is 0.0793 e. The van der Waals surface area contributed by atoms with Crippen LogP contribution in [0.15, 0.2) is 37.8 Å². The third-order valence-corrected chi connectivity index (χ3v) is 7.48. The minimum Gasteiger partial charge on any atom is -0.0870 e. The Kier molecular flexibility index (Phi) is 3.74. The van der Waals surface area contributed by atoms with Crippen LogP contribution in [0.25, 0.3) is 0 Å². The van der Waals surface area contributed by atoms with Gasteiger partial charge >= 0.3 is 0 Å². The quantitative estimate of drug-likeness (QED) is 0.406. The van der Waals surface area contributed by atoms with E-state index in [1.165, 1.54) is 15.4 Å². The fraction of sp³-hybridized carbons (Fsp3) is 0.143. The molecule has 2 aromatic carbocycles. The van der Waals surface area contributed by atoms with Gasteiger partial charge in [0.1, 0.15) is 0 Å². The van der Waals surface area contributed by atoms with Crippen molar-refractivity contribution < 1.29 is 0 Å². The van der Waals surface area contributed by atoms with Crippen LogP contribution in [0.2, 0.25) is 15.1 Å². The first-order valence-electron chi connectivity index (χ1n) is 5.63. The van der Waals surface area contributed by atoms with Crippen molar-refractivity contribution >= 4 is 58.3 Å². The van der Waals surface area contributed by atoms with Gasteiger partial charge in [0.05, 0.1) is 15.1 Å². The maximum Gasteiger partial charge on any atom is 0.0793 e. The van der Waals surface area contributed by atoms with Crippen LogP contribution >= 0.6 is 58.3 Å². The lowest BCUT2D eigenvalue weighted by molar-refractivity contribution is 1.09. The Morgan fingerprint density at radius 1 is 0.789 bits per heavy atom. The fourth-order valence-electron chi connectivity index (χ4n) is 1.99. The molecule has 0 spiro atoms. The minimum absolute atomic E-state index is 0.448. The maximum absolute atomic E-state index is 6.34. The molecule has 0 aliphatic carbocycles. The van der Waals surface area contributed by atoms with E-state index in [1.54, 1.807) is 23.5 Å². The molecule has 0 N–H and O–H groups in total. The van der Waals surface area contributed by atoms with Gasteiger partial charge in [-0.2, -0.15) is 0 Å². The molecular weight excluding hydrogens is 339 g/mol. The molecular formula is C14H9Cl3S2. The van der Waals surface area contributed by atoms with E-state index in [4.69, 9.17) is 34.8 Å². The normalized spacial score (nSPS) is 13.1. The van der Waals surface area contributed by atoms with E-state index in [0.717, 1.165) is 15.4 Å². The van der Waals surface area contributed by atoms with Crippen LogP contribution in [0.4, 0.5) is 0 Å². The molecule has 0 nitrogen and oxygen atoms in total. The summed E-state index contributed by atoms with van der Waals surface area (Å²) in [6.45, 7) is 4.10. The van der Waals surface area contributed by atoms with E-state index < -0.39 is 0 Å². The van der Waals surface area contributed by atoms with Crippen LogP contribution in [0.3, 0.4) is 0 Å². The molecule has 1 heterocycles. The largest absolute Gasteiger partial charge is 0.0870 e. The van der Waals surface area contributed by atoms with Gasteiger partial charge < -0.3 is 0 Å². The lowest BCUT2D eigenvalue weighted by Gasteiger charge is -2.23. The molecule has 1 aliphatic rings. The highest BCUT2D eigenvalue weighted by atomic mass is 35.5. The number of rotatable bonds is 0. The lowest BCUT2D eigenvalue weighted by atomic mass is 10.2. The number of benzene rings is 2. The van der Waals surface area contributed by atoms with E-state index in [9.17, 15) is 0 Å². The van der Waals surface area contributed by atoms with Gasteiger partial charge in [0, 0.05) is 19.6 Å². The molecule has 0 atom stereocenters. The summed E-state index contributed by atoms with van der Waals surface area (Å²) in [5, 5.41) is 1.55. The number of halogens is 3. The van der Waals surface area contributed by atoms with Crippen LogP contribution in [-0.2, 0) is 0 Å². The summed E-state index contributed by atoms with van der Waals surface area (Å²) in [7, 11) is 0. The molecule has 5 heteroatoms. The number of aryl methyl sites for hydroxylation is 1. The van der Waals surface area contributed by atoms with Gasteiger partial charge in [-0.05, 0) is 31.0 Å². The van der Waals surface area contributed by atoms with Crippen LogP contribution in [-0.4, -0.2) is 0 Å². The van der Waals surface area contributed by atoms with Crippen molar-refractivity contribution in [3.05, 3.63) is 44.4 Å². The zero-order chi connectivity index (χ0) is 13.7. The average Bonchev–Trinajstić information content (AvgIpc) is 2.42. The summed E-state index contributed by atoms with van der Waals surface area (Å²) in [5.41, 5.74) is 2.26. The minimum atomic E-state index is 0.448. The van der Waals surface area contributed by atoms with E-state index in [0.29, 0.717) is 15.1 Å². The Bertz CT molecular complexity index is 696. The molecule has 0 saturated heterocycles. The molecule has 0 unspecified atom stereocenters. The maximum atomic E-state index is 6.34. The number of fused-ring (bicyclic) bond motifs is 2. The molecule has 3 rings (SSSR count). The van der Waals surface area contributed by atoms with E-state index in [-0.39, 0.29) is 0 Å². The van der Waals surface area contributed by atoms with Crippen LogP contribution in [0, 0.1) is 13.8 Å². The van der Waals surface area contributed by atoms with Crippen molar-refractivity contribution in [2.24, 2.45) is 0 Å². The van der Waals surface area contributed by atoms with Crippen LogP contribution in [0.1, 0.15) is 11.1 Å². The lowest BCUT2D eigenvalue weighted by Crippen LogP contribution is -1.96. The van der Waals surface area contributed by atoms with Crippen molar-refractivity contribution in [2.45, 2.75) is 33.4 Å². The van der Waals surface area contributed by atoms with Gasteiger partial charge in [-0.1, -0.05) is 70.5 Å². The predicted octanol–water partition coefficient (Wildman–Crippen LogP) is 6.88. The van der Waals surface area contributed by atoms with Gasteiger partial charge in [0.15, 0.2) is 0 Å². The summed E-state index contributed by atoms with van der Waals surface area (Å²) in [6, 6.07) is 6.29. The molecule has 0 saturated carbocycles. The standard InChI is InChI=1S/C14H9Cl3S2/c1-6-4-3-5-8-12(6)19-13-7(2)9(15)10(16)11(17)14(13)18-8/h3-5H,1-2H3. The van der Waals surface area contributed by atoms with Crippen LogP contribution in [0.5, 0.6) is 0 Å². The van der Waals surface area contributed by atoms with Gasteiger partial charge in [0.2, 0.25) is 0 Å². The molecule has 0 bridgehead atoms. The van der Waals surface area contributed by atoms with Crippen molar-refractivity contribution in [1.29, 1.82) is 0 Å². The summed E-state index contributed by atoms with van der Waals surface area (Å²) >= 11 is 22.2. The average molecular weight is 348 g/mol. The Morgan fingerprint density at radius 3 is 2.26 bits per heavy atom. The summed E-state index contributed by atoms with van der Waals surface area (Å²) in [5.74, 6) is 0. The van der Waals surface area contributed by atoms with Gasteiger partial charge in [-0.15, -0.1) is 0 Å². The fourth-order valence-corrected chi connectivity index (χ4v) is 5.55. The molecule has 1 aliphatic heterocycles. The van der Waals surface area contributed by atoms with Crippen molar-refractivity contribution in [2.75, 3.05) is 0 Å². The third kappa shape index (κ3) is 2.18. The predicted molar refractivity (Wildman–Crippen MR) is 85.6 cm³/mol. The topological polar surface area (TPSA) is 0 Å². The van der Waals surface area contributed by atoms with Crippen LogP contribution < -0.4 is 0 Å². The molecule has 2 aromatic rings. The van der Waals surface area contributed by atoms with Crippen molar-refractivity contribution in [3.63, 3.8) is 0 Å². The number of hydrogen-bond acceptors (Lipinski definition) is 2.